The van der Waals surface area contributed by atoms with Crippen molar-refractivity contribution in [2.75, 3.05) is 13.6 Å². The molecule has 4 fully saturated rings. The number of carbonyl (C=O) groups is 2. The first-order valence-corrected chi connectivity index (χ1v) is 12.4. The lowest BCUT2D eigenvalue weighted by Crippen LogP contribution is -2.57. The molecule has 35 heavy (non-hydrogen) atoms. The second kappa shape index (κ2) is 9.13. The Hall–Kier alpha value is -3.17. The number of rotatable bonds is 8. The van der Waals surface area contributed by atoms with Crippen molar-refractivity contribution < 1.29 is 24.2 Å². The highest BCUT2D eigenvalue weighted by atomic mass is 16.6. The average molecular weight is 484 g/mol. The molecule has 2 heterocycles. The summed E-state index contributed by atoms with van der Waals surface area (Å²) in [7, 11) is 3.59. The van der Waals surface area contributed by atoms with Crippen molar-refractivity contribution in [3.63, 3.8) is 0 Å². The van der Waals surface area contributed by atoms with Gasteiger partial charge >= 0.3 is 12.1 Å². The molecule has 4 saturated carbocycles. The fourth-order valence-electron chi connectivity index (χ4n) is 5.84. The van der Waals surface area contributed by atoms with Gasteiger partial charge in [0.05, 0.1) is 41.4 Å². The lowest BCUT2D eigenvalue weighted by Gasteiger charge is -2.62. The van der Waals surface area contributed by atoms with E-state index in [1.807, 2.05) is 6.92 Å². The minimum absolute atomic E-state index is 0.0734. The predicted octanol–water partition coefficient (Wildman–Crippen LogP) is 3.58. The van der Waals surface area contributed by atoms with Gasteiger partial charge in [-0.25, -0.2) is 14.8 Å². The second-order valence-corrected chi connectivity index (χ2v) is 10.6. The monoisotopic (exact) mass is 483 g/mol. The van der Waals surface area contributed by atoms with Crippen molar-refractivity contribution >= 4 is 12.1 Å². The molecule has 4 aliphatic rings. The van der Waals surface area contributed by atoms with E-state index in [-0.39, 0.29) is 24.7 Å². The third kappa shape index (κ3) is 4.70. The van der Waals surface area contributed by atoms with Crippen LogP contribution in [0.2, 0.25) is 0 Å². The first-order valence-electron chi connectivity index (χ1n) is 12.4. The molecule has 0 radical (unpaired) electrons. The molecular weight excluding hydrogens is 450 g/mol. The summed E-state index contributed by atoms with van der Waals surface area (Å²) < 4.78 is 13.3. The third-order valence-corrected chi connectivity index (χ3v) is 7.89. The van der Waals surface area contributed by atoms with E-state index in [9.17, 15) is 14.7 Å². The van der Waals surface area contributed by atoms with Gasteiger partial charge in [0.2, 0.25) is 0 Å². The molecule has 188 valence electrons. The van der Waals surface area contributed by atoms with Crippen LogP contribution in [0.4, 0.5) is 4.79 Å². The summed E-state index contributed by atoms with van der Waals surface area (Å²) in [5.41, 5.74) is 2.40. The fraction of sp³-hybridized carbons (Fsp3) is 0.640. The molecule has 0 spiro atoms. The van der Waals surface area contributed by atoms with E-state index in [1.54, 1.807) is 36.1 Å². The zero-order chi connectivity index (χ0) is 24.7. The summed E-state index contributed by atoms with van der Waals surface area (Å²) in [5.74, 6) is 0.770. The molecule has 2 atom stereocenters. The topological polar surface area (TPSA) is 120 Å². The van der Waals surface area contributed by atoms with Gasteiger partial charge in [0.25, 0.3) is 0 Å². The smallest absolute Gasteiger partial charge is 0.409 e. The van der Waals surface area contributed by atoms with Crippen LogP contribution in [0.25, 0.3) is 11.4 Å². The molecule has 0 saturated heterocycles. The Labute approximate surface area is 204 Å². The average Bonchev–Trinajstić information content (AvgIpc) is 3.15. The quantitative estimate of drug-likeness (QED) is 0.605. The van der Waals surface area contributed by atoms with Crippen LogP contribution in [0, 0.1) is 24.2 Å². The SMILES string of the molecule is Cc1nc(-c2cnn(C)c2COC(=O)N(C)CC23CC(C2)C3)ncc1O[C@H]1CCC[C@H](C(=O)O)C1. The molecular formula is C25H33N5O5. The number of aromatic nitrogens is 4. The molecule has 6 rings (SSSR count). The van der Waals surface area contributed by atoms with Crippen molar-refractivity contribution in [3.8, 4) is 17.1 Å². The van der Waals surface area contributed by atoms with E-state index >= 15 is 0 Å². The van der Waals surface area contributed by atoms with Crippen LogP contribution in [0.3, 0.4) is 0 Å². The molecule has 0 unspecified atom stereocenters. The van der Waals surface area contributed by atoms with Crippen molar-refractivity contribution in [1.82, 2.24) is 24.6 Å². The van der Waals surface area contributed by atoms with Crippen LogP contribution >= 0.6 is 0 Å². The van der Waals surface area contributed by atoms with Crippen LogP contribution < -0.4 is 4.74 Å². The highest BCUT2D eigenvalue weighted by molar-refractivity contribution is 5.70. The highest BCUT2D eigenvalue weighted by Crippen LogP contribution is 2.64. The Bertz CT molecular complexity index is 1110. The molecule has 2 aromatic heterocycles. The molecule has 2 aromatic rings. The van der Waals surface area contributed by atoms with E-state index in [1.165, 1.54) is 19.3 Å². The number of aliphatic carboxylic acids is 1. The van der Waals surface area contributed by atoms with Gasteiger partial charge in [-0.05, 0) is 63.2 Å². The van der Waals surface area contributed by atoms with Crippen LogP contribution in [0.5, 0.6) is 5.75 Å². The van der Waals surface area contributed by atoms with Gasteiger partial charge in [-0.1, -0.05) is 0 Å². The van der Waals surface area contributed by atoms with E-state index in [0.717, 1.165) is 25.3 Å². The standard InChI is InChI=1S/C25H33N5O5/c1-15-21(35-18-6-4-5-17(7-18)23(31)32)12-26-22(28-15)19-11-27-30(3)20(19)13-34-24(33)29(2)14-25-8-16(9-25)10-25/h11-12,16-18H,4-10,13-14H2,1-3H3,(H,31,32)/t16?,17-,18-,25?/m0/s1. The molecule has 2 bridgehead atoms. The number of carboxylic acids is 1. The Balaban J connectivity index is 1.22. The summed E-state index contributed by atoms with van der Waals surface area (Å²) in [5, 5.41) is 13.6. The number of aryl methyl sites for hydroxylation is 2. The maximum absolute atomic E-state index is 12.6. The van der Waals surface area contributed by atoms with Crippen LogP contribution in [-0.2, 0) is 23.2 Å². The number of amides is 1. The first kappa shape index (κ1) is 23.6. The zero-order valence-corrected chi connectivity index (χ0v) is 20.6. The Morgan fingerprint density at radius 3 is 2.69 bits per heavy atom. The third-order valence-electron chi connectivity index (χ3n) is 7.89. The molecule has 1 amide bonds. The number of hydrogen-bond acceptors (Lipinski definition) is 7. The number of hydrogen-bond donors (Lipinski definition) is 1. The van der Waals surface area contributed by atoms with E-state index < -0.39 is 5.97 Å². The minimum atomic E-state index is -0.767. The zero-order valence-electron chi connectivity index (χ0n) is 20.6. The predicted molar refractivity (Wildman–Crippen MR) is 126 cm³/mol. The number of nitrogens with zero attached hydrogens (tertiary/aromatic N) is 5. The summed E-state index contributed by atoms with van der Waals surface area (Å²) in [6.45, 7) is 2.66. The van der Waals surface area contributed by atoms with Gasteiger partial charge in [-0.2, -0.15) is 5.10 Å². The summed E-state index contributed by atoms with van der Waals surface area (Å²) in [6, 6.07) is 0. The minimum Gasteiger partial charge on any atom is -0.487 e. The van der Waals surface area contributed by atoms with Crippen molar-refractivity contribution in [1.29, 1.82) is 0 Å². The van der Waals surface area contributed by atoms with Crippen LogP contribution in [0.15, 0.2) is 12.4 Å². The lowest BCUT2D eigenvalue weighted by molar-refractivity contribution is -0.143. The Morgan fingerprint density at radius 2 is 2.03 bits per heavy atom. The molecule has 10 nitrogen and oxygen atoms in total. The lowest BCUT2D eigenvalue weighted by atomic mass is 9.44. The maximum atomic E-state index is 12.6. The van der Waals surface area contributed by atoms with Crippen molar-refractivity contribution in [2.45, 2.75) is 64.6 Å². The molecule has 0 aromatic carbocycles. The largest absolute Gasteiger partial charge is 0.487 e. The maximum Gasteiger partial charge on any atom is 0.409 e. The van der Waals surface area contributed by atoms with E-state index in [0.29, 0.717) is 46.8 Å². The molecule has 1 N–H and O–H groups in total. The number of carbonyl (C=O) groups excluding carboxylic acids is 1. The summed E-state index contributed by atoms with van der Waals surface area (Å²) in [6.07, 6.45) is 9.32. The van der Waals surface area contributed by atoms with Gasteiger partial charge in [0.1, 0.15) is 6.61 Å². The molecule has 4 aliphatic carbocycles. The Morgan fingerprint density at radius 1 is 1.26 bits per heavy atom. The molecule has 10 heteroatoms. The van der Waals surface area contributed by atoms with Crippen LogP contribution in [-0.4, -0.2) is 61.5 Å². The fourth-order valence-corrected chi connectivity index (χ4v) is 5.84. The number of carboxylic acid groups (broad SMARTS) is 1. The van der Waals surface area contributed by atoms with Crippen molar-refractivity contribution in [2.24, 2.45) is 24.3 Å². The second-order valence-electron chi connectivity index (χ2n) is 10.6. The van der Waals surface area contributed by atoms with Gasteiger partial charge in [-0.15, -0.1) is 0 Å². The van der Waals surface area contributed by atoms with Gasteiger partial charge in [-0.3, -0.25) is 9.48 Å². The molecule has 0 aliphatic heterocycles. The van der Waals surface area contributed by atoms with Gasteiger partial charge in [0.15, 0.2) is 11.6 Å². The Kier molecular flexibility index (Phi) is 6.14. The van der Waals surface area contributed by atoms with E-state index in [4.69, 9.17) is 9.47 Å². The van der Waals surface area contributed by atoms with E-state index in [2.05, 4.69) is 15.1 Å². The van der Waals surface area contributed by atoms with Gasteiger partial charge < -0.3 is 19.5 Å². The van der Waals surface area contributed by atoms with Crippen LogP contribution in [0.1, 0.15) is 56.3 Å². The van der Waals surface area contributed by atoms with Gasteiger partial charge in [0, 0.05) is 20.6 Å². The summed E-state index contributed by atoms with van der Waals surface area (Å²) >= 11 is 0. The first-order chi connectivity index (χ1) is 16.7. The normalized spacial score (nSPS) is 26.9. The number of ether oxygens (including phenoxy) is 2. The highest BCUT2D eigenvalue weighted by Gasteiger charge is 2.57. The summed E-state index contributed by atoms with van der Waals surface area (Å²) in [4.78, 5) is 34.7. The van der Waals surface area contributed by atoms with Crippen molar-refractivity contribution in [3.05, 3.63) is 23.8 Å².